The molecule has 0 radical (unpaired) electrons. The van der Waals surface area contributed by atoms with Crippen molar-refractivity contribution in [2.24, 2.45) is 0 Å². The normalized spacial score (nSPS) is 26.1. The molecule has 1 atom stereocenters. The van der Waals surface area contributed by atoms with Gasteiger partial charge in [-0.3, -0.25) is 0 Å². The van der Waals surface area contributed by atoms with E-state index in [-0.39, 0.29) is 5.54 Å². The second kappa shape index (κ2) is 3.94. The molecule has 1 saturated heterocycles. The zero-order valence-electron chi connectivity index (χ0n) is 9.68. The first-order chi connectivity index (χ1) is 7.09. The fraction of sp³-hybridized carbons (Fsp3) is 0.727. The highest BCUT2D eigenvalue weighted by molar-refractivity contribution is 5.05. The molecule has 4 heteroatoms. The van der Waals surface area contributed by atoms with Crippen molar-refractivity contribution < 1.29 is 4.42 Å². The predicted octanol–water partition coefficient (Wildman–Crippen LogP) is 1.13. The summed E-state index contributed by atoms with van der Waals surface area (Å²) in [7, 11) is 0. The van der Waals surface area contributed by atoms with Crippen LogP contribution < -0.4 is 10.6 Å². The number of rotatable bonds is 3. The Morgan fingerprint density at radius 2 is 2.33 bits per heavy atom. The Balaban J connectivity index is 1.92. The van der Waals surface area contributed by atoms with Crippen LogP contribution in [0, 0.1) is 13.8 Å². The van der Waals surface area contributed by atoms with Gasteiger partial charge in [-0.2, -0.15) is 0 Å². The van der Waals surface area contributed by atoms with E-state index in [1.165, 1.54) is 0 Å². The Labute approximate surface area is 90.5 Å². The summed E-state index contributed by atoms with van der Waals surface area (Å²) in [5, 5.41) is 6.85. The van der Waals surface area contributed by atoms with Crippen LogP contribution in [0.4, 0.5) is 0 Å². The van der Waals surface area contributed by atoms with Crippen LogP contribution in [-0.2, 0) is 6.54 Å². The molecule has 2 rings (SSSR count). The zero-order chi connectivity index (χ0) is 10.9. The maximum absolute atomic E-state index is 5.53. The highest BCUT2D eigenvalue weighted by Gasteiger charge is 2.27. The molecular formula is C11H19N3O. The molecular weight excluding hydrogens is 190 g/mol. The van der Waals surface area contributed by atoms with Crippen molar-refractivity contribution >= 4 is 0 Å². The third-order valence-electron chi connectivity index (χ3n) is 3.11. The Morgan fingerprint density at radius 3 is 2.87 bits per heavy atom. The van der Waals surface area contributed by atoms with Crippen molar-refractivity contribution in [1.82, 2.24) is 15.6 Å². The molecule has 84 valence electrons. The van der Waals surface area contributed by atoms with Gasteiger partial charge >= 0.3 is 0 Å². The number of hydrogen-bond acceptors (Lipinski definition) is 4. The van der Waals surface area contributed by atoms with Crippen LogP contribution in [0.1, 0.15) is 30.7 Å². The second-order valence-corrected chi connectivity index (χ2v) is 4.59. The van der Waals surface area contributed by atoms with Crippen molar-refractivity contribution in [3.05, 3.63) is 17.3 Å². The lowest BCUT2D eigenvalue weighted by atomic mass is 10.0. The average molecular weight is 209 g/mol. The van der Waals surface area contributed by atoms with Gasteiger partial charge in [0.2, 0.25) is 5.89 Å². The van der Waals surface area contributed by atoms with Crippen LogP contribution in [0.3, 0.4) is 0 Å². The van der Waals surface area contributed by atoms with Crippen LogP contribution in [0.15, 0.2) is 4.42 Å². The summed E-state index contributed by atoms with van der Waals surface area (Å²) in [5.74, 6) is 1.71. The van der Waals surface area contributed by atoms with E-state index in [4.69, 9.17) is 4.42 Å². The second-order valence-electron chi connectivity index (χ2n) is 4.59. The largest absolute Gasteiger partial charge is 0.444 e. The molecule has 15 heavy (non-hydrogen) atoms. The number of hydrogen-bond donors (Lipinski definition) is 2. The van der Waals surface area contributed by atoms with E-state index >= 15 is 0 Å². The van der Waals surface area contributed by atoms with Gasteiger partial charge in [-0.15, -0.1) is 0 Å². The fourth-order valence-electron chi connectivity index (χ4n) is 1.87. The molecule has 0 aromatic carbocycles. The van der Waals surface area contributed by atoms with Crippen molar-refractivity contribution in [3.63, 3.8) is 0 Å². The molecule has 0 spiro atoms. The standard InChI is InChI=1S/C11H19N3O/c1-8-9(2)15-10(14-8)6-13-11(3)4-5-12-7-11/h12-13H,4-7H2,1-3H3. The number of aryl methyl sites for hydroxylation is 2. The number of nitrogens with zero attached hydrogens (tertiary/aromatic N) is 1. The first-order valence-electron chi connectivity index (χ1n) is 5.48. The topological polar surface area (TPSA) is 50.1 Å². The van der Waals surface area contributed by atoms with Gasteiger partial charge in [-0.05, 0) is 33.7 Å². The lowest BCUT2D eigenvalue weighted by Gasteiger charge is -2.23. The minimum absolute atomic E-state index is 0.191. The van der Waals surface area contributed by atoms with E-state index < -0.39 is 0 Å². The van der Waals surface area contributed by atoms with E-state index in [1.807, 2.05) is 13.8 Å². The summed E-state index contributed by atoms with van der Waals surface area (Å²) in [6.45, 7) is 8.98. The lowest BCUT2D eigenvalue weighted by molar-refractivity contribution is 0.351. The predicted molar refractivity (Wildman–Crippen MR) is 58.7 cm³/mol. The number of nitrogens with one attached hydrogen (secondary N) is 2. The molecule has 1 aromatic heterocycles. The Hall–Kier alpha value is -0.870. The highest BCUT2D eigenvalue weighted by atomic mass is 16.4. The third kappa shape index (κ3) is 2.38. The van der Waals surface area contributed by atoms with Crippen LogP contribution in [0.5, 0.6) is 0 Å². The van der Waals surface area contributed by atoms with Crippen molar-refractivity contribution in [2.45, 2.75) is 39.3 Å². The zero-order valence-corrected chi connectivity index (χ0v) is 9.68. The first-order valence-corrected chi connectivity index (χ1v) is 5.48. The first kappa shape index (κ1) is 10.6. The molecule has 0 amide bonds. The van der Waals surface area contributed by atoms with Gasteiger partial charge in [0.25, 0.3) is 0 Å². The summed E-state index contributed by atoms with van der Waals surface area (Å²) in [6, 6.07) is 0. The minimum atomic E-state index is 0.191. The van der Waals surface area contributed by atoms with Crippen LogP contribution in [0.25, 0.3) is 0 Å². The molecule has 2 N–H and O–H groups in total. The monoisotopic (exact) mass is 209 g/mol. The van der Waals surface area contributed by atoms with Gasteiger partial charge in [-0.1, -0.05) is 0 Å². The van der Waals surface area contributed by atoms with Gasteiger partial charge in [0.05, 0.1) is 12.2 Å². The molecule has 0 aliphatic carbocycles. The summed E-state index contributed by atoms with van der Waals surface area (Å²) in [4.78, 5) is 4.35. The van der Waals surface area contributed by atoms with E-state index in [0.29, 0.717) is 6.54 Å². The molecule has 1 aromatic rings. The minimum Gasteiger partial charge on any atom is -0.444 e. The maximum atomic E-state index is 5.53. The average Bonchev–Trinajstić information content (AvgIpc) is 2.73. The molecule has 0 bridgehead atoms. The van der Waals surface area contributed by atoms with Gasteiger partial charge in [0.1, 0.15) is 5.76 Å². The van der Waals surface area contributed by atoms with Gasteiger partial charge in [-0.25, -0.2) is 4.98 Å². The van der Waals surface area contributed by atoms with Crippen molar-refractivity contribution in [1.29, 1.82) is 0 Å². The van der Waals surface area contributed by atoms with Gasteiger partial charge in [0.15, 0.2) is 0 Å². The molecule has 2 heterocycles. The van der Waals surface area contributed by atoms with Crippen LogP contribution in [-0.4, -0.2) is 23.6 Å². The van der Waals surface area contributed by atoms with E-state index in [2.05, 4.69) is 22.5 Å². The smallest absolute Gasteiger partial charge is 0.208 e. The van der Waals surface area contributed by atoms with Gasteiger partial charge < -0.3 is 15.1 Å². The highest BCUT2D eigenvalue weighted by Crippen LogP contribution is 2.15. The van der Waals surface area contributed by atoms with Crippen molar-refractivity contribution in [3.8, 4) is 0 Å². The molecule has 4 nitrogen and oxygen atoms in total. The SMILES string of the molecule is Cc1nc(CNC2(C)CCNC2)oc1C. The quantitative estimate of drug-likeness (QED) is 0.783. The molecule has 1 unspecified atom stereocenters. The molecule has 1 fully saturated rings. The Bertz CT molecular complexity index is 320. The van der Waals surface area contributed by atoms with Crippen molar-refractivity contribution in [2.75, 3.05) is 13.1 Å². The molecule has 1 aliphatic heterocycles. The fourth-order valence-corrected chi connectivity index (χ4v) is 1.87. The summed E-state index contributed by atoms with van der Waals surface area (Å²) >= 11 is 0. The Kier molecular flexibility index (Phi) is 2.80. The number of oxazole rings is 1. The number of aromatic nitrogens is 1. The Morgan fingerprint density at radius 1 is 1.53 bits per heavy atom. The van der Waals surface area contributed by atoms with E-state index in [9.17, 15) is 0 Å². The molecule has 0 saturated carbocycles. The van der Waals surface area contributed by atoms with E-state index in [0.717, 1.165) is 36.9 Å². The molecule has 1 aliphatic rings. The summed E-state index contributed by atoms with van der Waals surface area (Å²) in [6.07, 6.45) is 1.16. The summed E-state index contributed by atoms with van der Waals surface area (Å²) < 4.78 is 5.53. The third-order valence-corrected chi connectivity index (χ3v) is 3.11. The van der Waals surface area contributed by atoms with E-state index in [1.54, 1.807) is 0 Å². The van der Waals surface area contributed by atoms with Gasteiger partial charge in [0, 0.05) is 12.1 Å². The van der Waals surface area contributed by atoms with Crippen LogP contribution in [0.2, 0.25) is 0 Å². The maximum Gasteiger partial charge on any atom is 0.208 e. The summed E-state index contributed by atoms with van der Waals surface area (Å²) in [5.41, 5.74) is 1.18. The van der Waals surface area contributed by atoms with Crippen LogP contribution >= 0.6 is 0 Å². The lowest BCUT2D eigenvalue weighted by Crippen LogP contribution is -2.43.